The molecule has 0 unspecified atom stereocenters. The Bertz CT molecular complexity index is 515. The maximum atomic E-state index is 11.7. The molecule has 1 aromatic rings. The van der Waals surface area contributed by atoms with Gasteiger partial charge in [-0.1, -0.05) is 0 Å². The van der Waals surface area contributed by atoms with Crippen molar-refractivity contribution in [2.75, 3.05) is 12.3 Å². The lowest BCUT2D eigenvalue weighted by atomic mass is 10.1. The van der Waals surface area contributed by atoms with E-state index in [0.29, 0.717) is 18.7 Å². The van der Waals surface area contributed by atoms with Crippen molar-refractivity contribution in [3.63, 3.8) is 0 Å². The Labute approximate surface area is 121 Å². The van der Waals surface area contributed by atoms with Gasteiger partial charge in [-0.2, -0.15) is 0 Å². The number of urea groups is 1. The highest BCUT2D eigenvalue weighted by atomic mass is 16.6. The van der Waals surface area contributed by atoms with Crippen LogP contribution in [0, 0.1) is 0 Å². The minimum atomic E-state index is -0.947. The average Bonchev–Trinajstić information content (AvgIpc) is 2.43. The number of ether oxygens (including phenoxy) is 1. The zero-order valence-electron chi connectivity index (χ0n) is 11.4. The van der Waals surface area contributed by atoms with Crippen LogP contribution in [0.1, 0.15) is 23.2 Å². The number of rotatable bonds is 6. The van der Waals surface area contributed by atoms with Gasteiger partial charge in [0.05, 0.1) is 5.56 Å². The van der Waals surface area contributed by atoms with E-state index < -0.39 is 24.0 Å². The fourth-order valence-corrected chi connectivity index (χ4v) is 1.50. The number of anilines is 1. The van der Waals surface area contributed by atoms with Gasteiger partial charge < -0.3 is 27.3 Å². The number of esters is 2. The molecule has 1 aromatic carbocycles. The van der Waals surface area contributed by atoms with E-state index in [-0.39, 0.29) is 12.0 Å². The van der Waals surface area contributed by atoms with Gasteiger partial charge in [-0.15, -0.1) is 0 Å². The molecule has 0 saturated carbocycles. The minimum absolute atomic E-state index is 0.208. The summed E-state index contributed by atoms with van der Waals surface area (Å²) in [6.45, 7) is 0.294. The van der Waals surface area contributed by atoms with Crippen molar-refractivity contribution >= 4 is 23.7 Å². The van der Waals surface area contributed by atoms with Crippen molar-refractivity contribution in [1.82, 2.24) is 5.32 Å². The van der Waals surface area contributed by atoms with Gasteiger partial charge in [0.15, 0.2) is 0 Å². The minimum Gasteiger partial charge on any atom is -0.399 e. The lowest BCUT2D eigenvalue weighted by Crippen LogP contribution is -2.35. The Balaban J connectivity index is 2.39. The molecule has 8 heteroatoms. The molecule has 0 aliphatic heterocycles. The summed E-state index contributed by atoms with van der Waals surface area (Å²) < 4.78 is 4.66. The second kappa shape index (κ2) is 7.85. The Morgan fingerprint density at radius 3 is 2.38 bits per heavy atom. The predicted molar refractivity (Wildman–Crippen MR) is 76.1 cm³/mol. The monoisotopic (exact) mass is 294 g/mol. The van der Waals surface area contributed by atoms with Crippen molar-refractivity contribution in [3.05, 3.63) is 29.8 Å². The van der Waals surface area contributed by atoms with Gasteiger partial charge in [-0.3, -0.25) is 0 Å². The standard InChI is InChI=1S/C13H18N4O4/c14-9-5-3-8(4-6-9)11(18)21-12(19)10(15)2-1-7-17-13(16)20/h3-6,10H,1-2,7,14-15H2,(H3,16,17,20)/t10-/m0/s1. The largest absolute Gasteiger partial charge is 0.399 e. The van der Waals surface area contributed by atoms with Gasteiger partial charge in [0.2, 0.25) is 0 Å². The van der Waals surface area contributed by atoms with E-state index in [1.54, 1.807) is 0 Å². The highest BCUT2D eigenvalue weighted by Gasteiger charge is 2.19. The molecule has 0 aliphatic rings. The van der Waals surface area contributed by atoms with E-state index in [1.807, 2.05) is 0 Å². The second-order valence-electron chi connectivity index (χ2n) is 4.37. The molecule has 0 radical (unpaired) electrons. The van der Waals surface area contributed by atoms with Crippen LogP contribution in [0.15, 0.2) is 24.3 Å². The van der Waals surface area contributed by atoms with Crippen LogP contribution >= 0.6 is 0 Å². The van der Waals surface area contributed by atoms with Crippen LogP contribution < -0.4 is 22.5 Å². The molecule has 0 fully saturated rings. The van der Waals surface area contributed by atoms with E-state index in [4.69, 9.17) is 17.2 Å². The Hall–Kier alpha value is -2.61. The van der Waals surface area contributed by atoms with Crippen LogP contribution in [0.2, 0.25) is 0 Å². The normalized spacial score (nSPS) is 11.5. The number of amides is 2. The summed E-state index contributed by atoms with van der Waals surface area (Å²) in [7, 11) is 0. The molecule has 1 atom stereocenters. The topological polar surface area (TPSA) is 151 Å². The lowest BCUT2D eigenvalue weighted by Gasteiger charge is -2.10. The number of carbonyl (C=O) groups is 3. The fraction of sp³-hybridized carbons (Fsp3) is 0.308. The maximum Gasteiger partial charge on any atom is 0.345 e. The van der Waals surface area contributed by atoms with Crippen molar-refractivity contribution in [1.29, 1.82) is 0 Å². The van der Waals surface area contributed by atoms with Crippen LogP contribution in [0.3, 0.4) is 0 Å². The zero-order chi connectivity index (χ0) is 15.8. The highest BCUT2D eigenvalue weighted by Crippen LogP contribution is 2.08. The van der Waals surface area contributed by atoms with E-state index in [2.05, 4.69) is 10.1 Å². The summed E-state index contributed by atoms with van der Waals surface area (Å²) in [5, 5.41) is 2.36. The molecule has 2 amide bonds. The third-order valence-electron chi connectivity index (χ3n) is 2.63. The predicted octanol–water partition coefficient (Wildman–Crippen LogP) is -0.272. The van der Waals surface area contributed by atoms with Gasteiger partial charge in [0, 0.05) is 12.2 Å². The molecule has 0 aromatic heterocycles. The van der Waals surface area contributed by atoms with E-state index in [1.165, 1.54) is 24.3 Å². The molecule has 0 bridgehead atoms. The fourth-order valence-electron chi connectivity index (χ4n) is 1.50. The Morgan fingerprint density at radius 1 is 1.19 bits per heavy atom. The number of nitrogens with one attached hydrogen (secondary N) is 1. The smallest absolute Gasteiger partial charge is 0.345 e. The van der Waals surface area contributed by atoms with Crippen molar-refractivity contribution in [2.24, 2.45) is 11.5 Å². The second-order valence-corrected chi connectivity index (χ2v) is 4.37. The van der Waals surface area contributed by atoms with Gasteiger partial charge in [-0.25, -0.2) is 14.4 Å². The summed E-state index contributed by atoms with van der Waals surface area (Å²) in [5.74, 6) is -1.61. The number of hydrogen-bond donors (Lipinski definition) is 4. The number of nitrogens with two attached hydrogens (primary N) is 3. The Kier molecular flexibility index (Phi) is 6.15. The first-order valence-electron chi connectivity index (χ1n) is 6.30. The van der Waals surface area contributed by atoms with Gasteiger partial charge >= 0.3 is 18.0 Å². The van der Waals surface area contributed by atoms with Crippen LogP contribution in [0.5, 0.6) is 0 Å². The first-order chi connectivity index (χ1) is 9.90. The molecule has 0 heterocycles. The zero-order valence-corrected chi connectivity index (χ0v) is 11.4. The summed E-state index contributed by atoms with van der Waals surface area (Å²) in [5.41, 5.74) is 16.7. The molecule has 0 aliphatic carbocycles. The summed E-state index contributed by atoms with van der Waals surface area (Å²) in [4.78, 5) is 33.7. The maximum absolute atomic E-state index is 11.7. The third kappa shape index (κ3) is 5.91. The first kappa shape index (κ1) is 16.4. The van der Waals surface area contributed by atoms with Crippen LogP contribution in [0.25, 0.3) is 0 Å². The molecule has 1 rings (SSSR count). The van der Waals surface area contributed by atoms with Crippen molar-refractivity contribution < 1.29 is 19.1 Å². The van der Waals surface area contributed by atoms with E-state index in [9.17, 15) is 14.4 Å². The molecule has 0 saturated heterocycles. The molecule has 7 N–H and O–H groups in total. The van der Waals surface area contributed by atoms with Gasteiger partial charge in [0.25, 0.3) is 0 Å². The Morgan fingerprint density at radius 2 is 1.81 bits per heavy atom. The molecule has 0 spiro atoms. The average molecular weight is 294 g/mol. The number of nitrogen functional groups attached to an aromatic ring is 1. The van der Waals surface area contributed by atoms with Crippen LogP contribution in [-0.2, 0) is 9.53 Å². The SMILES string of the molecule is NC(=O)NCCC[C@H](N)C(=O)OC(=O)c1ccc(N)cc1. The summed E-state index contributed by atoms with van der Waals surface area (Å²) >= 11 is 0. The number of hydrogen-bond acceptors (Lipinski definition) is 6. The van der Waals surface area contributed by atoms with Crippen LogP contribution in [-0.4, -0.2) is 30.6 Å². The quantitative estimate of drug-likeness (QED) is 0.245. The van der Waals surface area contributed by atoms with Gasteiger partial charge in [0.1, 0.15) is 6.04 Å². The van der Waals surface area contributed by atoms with Crippen molar-refractivity contribution in [3.8, 4) is 0 Å². The molecular formula is C13H18N4O4. The van der Waals surface area contributed by atoms with Gasteiger partial charge in [-0.05, 0) is 37.1 Å². The lowest BCUT2D eigenvalue weighted by molar-refractivity contribution is -0.139. The molecule has 114 valence electrons. The summed E-state index contributed by atoms with van der Waals surface area (Å²) in [6, 6.07) is 4.36. The number of carbonyl (C=O) groups excluding carboxylic acids is 3. The third-order valence-corrected chi connectivity index (χ3v) is 2.63. The van der Waals surface area contributed by atoms with Crippen LogP contribution in [0.4, 0.5) is 10.5 Å². The molecule has 21 heavy (non-hydrogen) atoms. The van der Waals surface area contributed by atoms with Crippen molar-refractivity contribution in [2.45, 2.75) is 18.9 Å². The van der Waals surface area contributed by atoms with E-state index >= 15 is 0 Å². The number of primary amides is 1. The molecule has 8 nitrogen and oxygen atoms in total. The first-order valence-corrected chi connectivity index (χ1v) is 6.30. The molecular weight excluding hydrogens is 276 g/mol. The number of benzene rings is 1. The highest BCUT2D eigenvalue weighted by molar-refractivity contribution is 5.98. The van der Waals surface area contributed by atoms with E-state index in [0.717, 1.165) is 0 Å². The summed E-state index contributed by atoms with van der Waals surface area (Å²) in [6.07, 6.45) is 0.698.